The van der Waals surface area contributed by atoms with Crippen LogP contribution in [0.2, 0.25) is 0 Å². The molecule has 200 valence electrons. The lowest BCUT2D eigenvalue weighted by Crippen LogP contribution is -2.29. The first-order valence-electron chi connectivity index (χ1n) is 14.7. The van der Waals surface area contributed by atoms with Crippen LogP contribution < -0.4 is 0 Å². The number of furan rings is 1. The Morgan fingerprint density at radius 2 is 1.65 bits per heavy atom. The molecule has 0 radical (unpaired) electrons. The van der Waals surface area contributed by atoms with Crippen LogP contribution in [-0.2, 0) is 6.42 Å². The van der Waals surface area contributed by atoms with E-state index in [2.05, 4.69) is 68.3 Å². The molecule has 1 aliphatic carbocycles. The third-order valence-electron chi connectivity index (χ3n) is 9.17. The van der Waals surface area contributed by atoms with Crippen molar-refractivity contribution < 1.29 is 4.42 Å². The van der Waals surface area contributed by atoms with E-state index in [0.29, 0.717) is 12.5 Å². The lowest BCUT2D eigenvalue weighted by atomic mass is 9.77. The van der Waals surface area contributed by atoms with E-state index in [1.54, 1.807) is 0 Å². The maximum Gasteiger partial charge on any atom is 0.227 e. The van der Waals surface area contributed by atoms with Crippen LogP contribution in [0.25, 0.3) is 22.1 Å². The first-order chi connectivity index (χ1) is 19.7. The fraction of sp³-hybridized carbons (Fsp3) is 0.306. The topological polar surface area (TPSA) is 50.8 Å². The van der Waals surface area contributed by atoms with Crippen LogP contribution in [0.1, 0.15) is 78.3 Å². The van der Waals surface area contributed by atoms with E-state index >= 15 is 0 Å². The summed E-state index contributed by atoms with van der Waals surface area (Å²) < 4.78 is 6.61. The quantitative estimate of drug-likeness (QED) is 0.251. The average molecular weight is 526 g/mol. The lowest BCUT2D eigenvalue weighted by molar-refractivity contribution is 0.436. The Kier molecular flexibility index (Phi) is 6.34. The van der Waals surface area contributed by atoms with Gasteiger partial charge in [0.15, 0.2) is 0 Å². The number of benzene rings is 2. The Morgan fingerprint density at radius 1 is 0.850 bits per heavy atom. The molecule has 2 aliphatic heterocycles. The molecular weight excluding hydrogens is 490 g/mol. The molecule has 4 aromatic rings. The molecule has 0 N–H and O–H groups in total. The Hall–Kier alpha value is -4.05. The number of pyridine rings is 1. The zero-order chi connectivity index (χ0) is 27.2. The highest BCUT2D eigenvalue weighted by molar-refractivity contribution is 6.19. The number of aryl methyl sites for hydroxylation is 1. The number of allylic oxidation sites excluding steroid dienone is 2. The first kappa shape index (κ1) is 25.0. The summed E-state index contributed by atoms with van der Waals surface area (Å²) in [5, 5.41) is 2.15. The lowest BCUT2D eigenvalue weighted by Gasteiger charge is -2.33. The van der Waals surface area contributed by atoms with E-state index in [1.807, 2.05) is 12.2 Å². The van der Waals surface area contributed by atoms with Crippen LogP contribution in [0.3, 0.4) is 0 Å². The van der Waals surface area contributed by atoms with E-state index in [0.717, 1.165) is 63.2 Å². The summed E-state index contributed by atoms with van der Waals surface area (Å²) in [6.07, 6.45) is 11.9. The smallest absolute Gasteiger partial charge is 0.227 e. The van der Waals surface area contributed by atoms with Crippen LogP contribution in [-0.4, -0.2) is 29.0 Å². The fourth-order valence-electron chi connectivity index (χ4n) is 7.11. The van der Waals surface area contributed by atoms with Gasteiger partial charge in [0, 0.05) is 39.4 Å². The third-order valence-corrected chi connectivity index (χ3v) is 9.17. The fourth-order valence-corrected chi connectivity index (χ4v) is 7.11. The second-order valence-corrected chi connectivity index (χ2v) is 11.5. The minimum Gasteiger partial charge on any atom is -0.437 e. The zero-order valence-corrected chi connectivity index (χ0v) is 23.0. The van der Waals surface area contributed by atoms with Gasteiger partial charge < -0.3 is 4.42 Å². The minimum absolute atomic E-state index is 0.0309. The van der Waals surface area contributed by atoms with Gasteiger partial charge in [-0.05, 0) is 66.7 Å². The number of rotatable bonds is 3. The molecule has 0 bridgehead atoms. The predicted molar refractivity (Wildman–Crippen MR) is 166 cm³/mol. The van der Waals surface area contributed by atoms with Crippen LogP contribution in [0, 0.1) is 0 Å². The molecule has 1 saturated carbocycles. The van der Waals surface area contributed by atoms with Crippen molar-refractivity contribution in [2.45, 2.75) is 62.8 Å². The summed E-state index contributed by atoms with van der Waals surface area (Å²) >= 11 is 0. The molecule has 4 nitrogen and oxygen atoms in total. The average Bonchev–Trinajstić information content (AvgIpc) is 3.38. The van der Waals surface area contributed by atoms with Crippen LogP contribution >= 0.6 is 0 Å². The van der Waals surface area contributed by atoms with Crippen LogP contribution in [0.15, 0.2) is 100 Å². The minimum atomic E-state index is -0.0309. The summed E-state index contributed by atoms with van der Waals surface area (Å²) in [6, 6.07) is 17.4. The monoisotopic (exact) mass is 525 g/mol. The Morgan fingerprint density at radius 3 is 2.48 bits per heavy atom. The van der Waals surface area contributed by atoms with E-state index in [9.17, 15) is 0 Å². The third kappa shape index (κ3) is 4.09. The van der Waals surface area contributed by atoms with E-state index in [1.165, 1.54) is 48.8 Å². The van der Waals surface area contributed by atoms with E-state index in [-0.39, 0.29) is 12.0 Å². The van der Waals surface area contributed by atoms with E-state index in [4.69, 9.17) is 19.4 Å². The van der Waals surface area contributed by atoms with Crippen molar-refractivity contribution in [3.8, 4) is 0 Å². The van der Waals surface area contributed by atoms with E-state index < -0.39 is 0 Å². The molecule has 0 saturated heterocycles. The maximum atomic E-state index is 6.61. The summed E-state index contributed by atoms with van der Waals surface area (Å²) in [6.45, 7) is 13.1. The van der Waals surface area contributed by atoms with Gasteiger partial charge in [0.2, 0.25) is 5.71 Å². The van der Waals surface area contributed by atoms with Crippen LogP contribution in [0.4, 0.5) is 0 Å². The molecular formula is C36H35N3O. The Balaban J connectivity index is 1.35. The highest BCUT2D eigenvalue weighted by atomic mass is 16.3. The van der Waals surface area contributed by atoms with Gasteiger partial charge in [-0.2, -0.15) is 0 Å². The normalized spacial score (nSPS) is 22.9. The van der Waals surface area contributed by atoms with Crippen LogP contribution in [0.5, 0.6) is 0 Å². The number of aromatic nitrogens is 1. The summed E-state index contributed by atoms with van der Waals surface area (Å²) in [4.78, 5) is 15.2. The number of hydrogen-bond acceptors (Lipinski definition) is 4. The van der Waals surface area contributed by atoms with Crippen molar-refractivity contribution in [2.75, 3.05) is 6.54 Å². The SMILES string of the molecule is C=CC1=NC2C(=C)C/N=C(/C=C)c3c(ccc4c3oc3nc(C5CCCCC5)ccc34)CCC2c2ccccc21. The highest BCUT2D eigenvalue weighted by Gasteiger charge is 2.33. The first-order valence-corrected chi connectivity index (χ1v) is 14.7. The van der Waals surface area contributed by atoms with Gasteiger partial charge in [-0.3, -0.25) is 9.98 Å². The standard InChI is InChI=1S/C36H35N3O/c1-4-30-26-14-10-9-13-25(26)27-17-15-24-16-18-28-29-19-20-32(23-11-7-6-8-12-23)39-36(29)40-35(28)33(24)31(5-2)37-21-22(3)34(27)38-30/h4-5,9-10,13-14,16,18-20,23,27,34H,1-3,6-8,11-12,15,17,21H2/b37-31-. The van der Waals surface area contributed by atoms with Gasteiger partial charge in [-0.1, -0.05) is 75.4 Å². The molecule has 4 heteroatoms. The Bertz CT molecular complexity index is 1730. The molecule has 0 amide bonds. The van der Waals surface area contributed by atoms with Gasteiger partial charge in [0.05, 0.1) is 24.0 Å². The van der Waals surface area contributed by atoms with Gasteiger partial charge in [0.25, 0.3) is 0 Å². The van der Waals surface area contributed by atoms with Gasteiger partial charge >= 0.3 is 0 Å². The second-order valence-electron chi connectivity index (χ2n) is 11.5. The number of nitrogens with zero attached hydrogens (tertiary/aromatic N) is 3. The second kappa shape index (κ2) is 10.2. The molecule has 2 atom stereocenters. The largest absolute Gasteiger partial charge is 0.437 e. The molecule has 3 aliphatic rings. The van der Waals surface area contributed by atoms with Crippen molar-refractivity contribution in [1.82, 2.24) is 4.98 Å². The summed E-state index contributed by atoms with van der Waals surface area (Å²) in [5.74, 6) is 0.762. The molecule has 2 aromatic carbocycles. The number of aliphatic imine (C=N–C) groups is 2. The van der Waals surface area contributed by atoms with Crippen molar-refractivity contribution in [1.29, 1.82) is 0 Å². The molecule has 4 heterocycles. The molecule has 40 heavy (non-hydrogen) atoms. The van der Waals surface area contributed by atoms with Gasteiger partial charge in [-0.25, -0.2) is 4.98 Å². The van der Waals surface area contributed by atoms with Gasteiger partial charge in [0.1, 0.15) is 5.58 Å². The molecule has 2 aromatic heterocycles. The maximum absolute atomic E-state index is 6.61. The molecule has 2 unspecified atom stereocenters. The highest BCUT2D eigenvalue weighted by Crippen LogP contribution is 2.40. The Labute approximate surface area is 236 Å². The van der Waals surface area contributed by atoms with Crippen molar-refractivity contribution >= 4 is 33.5 Å². The predicted octanol–water partition coefficient (Wildman–Crippen LogP) is 8.65. The zero-order valence-electron chi connectivity index (χ0n) is 23.0. The van der Waals surface area contributed by atoms with Crippen molar-refractivity contribution in [2.24, 2.45) is 9.98 Å². The van der Waals surface area contributed by atoms with Crippen molar-refractivity contribution in [3.05, 3.63) is 114 Å². The van der Waals surface area contributed by atoms with Crippen molar-refractivity contribution in [3.63, 3.8) is 0 Å². The number of fused-ring (bicyclic) bond motifs is 8. The summed E-state index contributed by atoms with van der Waals surface area (Å²) in [7, 11) is 0. The summed E-state index contributed by atoms with van der Waals surface area (Å²) in [5.41, 5.74) is 10.3. The van der Waals surface area contributed by atoms with Gasteiger partial charge in [-0.15, -0.1) is 0 Å². The molecule has 1 fully saturated rings. The molecule has 0 spiro atoms. The molecule has 7 rings (SSSR count). The number of hydrogen-bond donors (Lipinski definition) is 0.